The third-order valence-corrected chi connectivity index (χ3v) is 12.9. The molecule has 0 bridgehead atoms. The molecule has 3 rings (SSSR count). The Morgan fingerprint density at radius 3 is 2.07 bits per heavy atom. The van der Waals surface area contributed by atoms with Gasteiger partial charge in [-0.15, -0.1) is 0 Å². The van der Waals surface area contributed by atoms with Crippen LogP contribution in [0, 0.1) is 23.7 Å². The molecule has 17 nitrogen and oxygen atoms in total. The molecule has 0 aliphatic carbocycles. The standard InChI is InChI=1S/C43H75NO16/c1-15-29-43(11,52)36(48)24(5)33(47)22(3)20-41(9,51)38(25(6)34(26(7)39(50)57-29)59-32-21-42(10,53-14)37(49)27(8)56-32)60-40-35(28(44(12)13)19-23(4)55-40)58-31(46)17-18-54-30(45)16-2/h22-29,32,34-38,40,48-49,51-52H,15-21H2,1-14H3/t22-,23-,24+,25+,26-,27-,28+,29-,32-,34+,35-,36-,37-,38-,40+,41-,42+,43-/m1/s1. The SMILES string of the molecule is CCC(=O)OCCC(=O)O[C@H]1[C@H](O[C@@H]2[C@@H](C)[C@H](O[C@@H]3C[C@](C)(OC)[C@H](O)[C@@H](C)O3)[C@@H](C)C(=O)O[C@H](CC)[C@@](C)(O)[C@H](O)[C@@H](C)C(=O)[C@H](C)C[C@@]2(C)O)O[C@H](C)C[C@@H]1N(C)C. The zero-order valence-corrected chi connectivity index (χ0v) is 38.2. The van der Waals surface area contributed by atoms with Gasteiger partial charge in [0.2, 0.25) is 0 Å². The lowest BCUT2D eigenvalue weighted by Gasteiger charge is -2.49. The molecule has 3 fully saturated rings. The first kappa shape index (κ1) is 52.0. The molecule has 0 unspecified atom stereocenters. The van der Waals surface area contributed by atoms with Crippen molar-refractivity contribution in [2.24, 2.45) is 23.7 Å². The fourth-order valence-corrected chi connectivity index (χ4v) is 9.08. The van der Waals surface area contributed by atoms with Gasteiger partial charge in [-0.2, -0.15) is 0 Å². The number of hydrogen-bond acceptors (Lipinski definition) is 17. The van der Waals surface area contributed by atoms with Crippen LogP contribution in [0.4, 0.5) is 0 Å². The lowest BCUT2D eigenvalue weighted by atomic mass is 9.74. The minimum atomic E-state index is -2.04. The van der Waals surface area contributed by atoms with E-state index in [1.54, 1.807) is 48.5 Å². The van der Waals surface area contributed by atoms with E-state index in [0.29, 0.717) is 6.42 Å². The molecular formula is C43H75NO16. The second kappa shape index (κ2) is 21.4. The van der Waals surface area contributed by atoms with Crippen molar-refractivity contribution in [1.82, 2.24) is 4.90 Å². The van der Waals surface area contributed by atoms with Gasteiger partial charge < -0.3 is 63.2 Å². The molecule has 3 aliphatic heterocycles. The van der Waals surface area contributed by atoms with Crippen molar-refractivity contribution in [2.75, 3.05) is 27.8 Å². The molecule has 0 aromatic heterocycles. The van der Waals surface area contributed by atoms with Crippen LogP contribution in [-0.4, -0.2) is 161 Å². The van der Waals surface area contributed by atoms with Gasteiger partial charge in [0.15, 0.2) is 18.7 Å². The van der Waals surface area contributed by atoms with E-state index in [2.05, 4.69) is 0 Å². The maximum Gasteiger partial charge on any atom is 0.311 e. The third-order valence-electron chi connectivity index (χ3n) is 12.9. The highest BCUT2D eigenvalue weighted by Crippen LogP contribution is 2.41. The van der Waals surface area contributed by atoms with Crippen LogP contribution in [0.2, 0.25) is 0 Å². The van der Waals surface area contributed by atoms with Crippen LogP contribution in [0.5, 0.6) is 0 Å². The summed E-state index contributed by atoms with van der Waals surface area (Å²) in [4.78, 5) is 55.3. The van der Waals surface area contributed by atoms with Gasteiger partial charge in [0.25, 0.3) is 0 Å². The number of cyclic esters (lactones) is 1. The highest BCUT2D eigenvalue weighted by atomic mass is 16.7. The lowest BCUT2D eigenvalue weighted by Crippen LogP contribution is -2.61. The van der Waals surface area contributed by atoms with Crippen molar-refractivity contribution in [1.29, 1.82) is 0 Å². The van der Waals surface area contributed by atoms with Crippen molar-refractivity contribution >= 4 is 23.7 Å². The number of carbonyl (C=O) groups excluding carboxylic acids is 4. The molecule has 348 valence electrons. The second-order valence-electron chi connectivity index (χ2n) is 18.3. The summed E-state index contributed by atoms with van der Waals surface area (Å²) in [6.45, 7) is 17.5. The van der Waals surface area contributed by atoms with Gasteiger partial charge in [-0.1, -0.05) is 34.6 Å². The Kier molecular flexibility index (Phi) is 18.5. The fourth-order valence-electron chi connectivity index (χ4n) is 9.08. The normalized spacial score (nSPS) is 43.8. The maximum absolute atomic E-state index is 14.3. The van der Waals surface area contributed by atoms with Crippen molar-refractivity contribution in [3.05, 3.63) is 0 Å². The fraction of sp³-hybridized carbons (Fsp3) is 0.907. The molecule has 17 heteroatoms. The minimum Gasteiger partial charge on any atom is -0.465 e. The van der Waals surface area contributed by atoms with Crippen molar-refractivity contribution < 1.29 is 77.5 Å². The molecule has 0 spiro atoms. The van der Waals surface area contributed by atoms with Crippen molar-refractivity contribution in [3.8, 4) is 0 Å². The summed E-state index contributed by atoms with van der Waals surface area (Å²) < 4.78 is 48.9. The zero-order chi connectivity index (χ0) is 45.7. The Labute approximate surface area is 356 Å². The van der Waals surface area contributed by atoms with E-state index in [4.69, 9.17) is 37.9 Å². The molecule has 0 amide bonds. The van der Waals surface area contributed by atoms with E-state index in [1.807, 2.05) is 25.9 Å². The Hall–Kier alpha value is -2.32. The molecule has 0 saturated carbocycles. The van der Waals surface area contributed by atoms with Gasteiger partial charge in [-0.3, -0.25) is 19.2 Å². The first-order valence-corrected chi connectivity index (χ1v) is 21.5. The number of aliphatic hydroxyl groups is 4. The summed E-state index contributed by atoms with van der Waals surface area (Å²) in [5, 5.41) is 46.8. The number of aliphatic hydroxyl groups excluding tert-OH is 2. The smallest absolute Gasteiger partial charge is 0.311 e. The van der Waals surface area contributed by atoms with Crippen LogP contribution >= 0.6 is 0 Å². The molecule has 18 atom stereocenters. The average Bonchev–Trinajstić information content (AvgIpc) is 3.18. The summed E-state index contributed by atoms with van der Waals surface area (Å²) in [7, 11) is 5.10. The number of methoxy groups -OCH3 is 1. The molecule has 4 N–H and O–H groups in total. The van der Waals surface area contributed by atoms with Crippen LogP contribution in [0.1, 0.15) is 115 Å². The molecular weight excluding hydrogens is 786 g/mol. The maximum atomic E-state index is 14.3. The van der Waals surface area contributed by atoms with Crippen molar-refractivity contribution in [3.63, 3.8) is 0 Å². The molecule has 3 heterocycles. The van der Waals surface area contributed by atoms with Crippen LogP contribution < -0.4 is 0 Å². The number of nitrogens with zero attached hydrogens (tertiary/aromatic N) is 1. The van der Waals surface area contributed by atoms with E-state index in [1.165, 1.54) is 27.9 Å². The number of rotatable bonds is 12. The third kappa shape index (κ3) is 12.2. The van der Waals surface area contributed by atoms with E-state index in [9.17, 15) is 39.6 Å². The molecule has 3 saturated heterocycles. The van der Waals surface area contributed by atoms with Gasteiger partial charge in [-0.25, -0.2) is 0 Å². The summed E-state index contributed by atoms with van der Waals surface area (Å²) in [5.41, 5.74) is -5.05. The average molecular weight is 862 g/mol. The number of ether oxygens (including phenoxy) is 8. The largest absolute Gasteiger partial charge is 0.465 e. The summed E-state index contributed by atoms with van der Waals surface area (Å²) in [6, 6.07) is -0.433. The van der Waals surface area contributed by atoms with Crippen LogP contribution in [0.3, 0.4) is 0 Å². The number of esters is 3. The monoisotopic (exact) mass is 862 g/mol. The number of Topliss-reactive ketones (excluding diaryl/α,β-unsaturated/α-hetero) is 1. The topological polar surface area (TPSA) is 226 Å². The van der Waals surface area contributed by atoms with E-state index >= 15 is 0 Å². The molecule has 3 aliphatic rings. The van der Waals surface area contributed by atoms with Gasteiger partial charge in [-0.05, 0) is 74.9 Å². The molecule has 0 aromatic rings. The zero-order valence-electron chi connectivity index (χ0n) is 38.2. The van der Waals surface area contributed by atoms with Crippen LogP contribution in [0.25, 0.3) is 0 Å². The number of hydrogen-bond donors (Lipinski definition) is 4. The Morgan fingerprint density at radius 2 is 1.50 bits per heavy atom. The van der Waals surface area contributed by atoms with Crippen LogP contribution in [0.15, 0.2) is 0 Å². The second-order valence-corrected chi connectivity index (χ2v) is 18.3. The lowest BCUT2D eigenvalue weighted by molar-refractivity contribution is -0.319. The highest BCUT2D eigenvalue weighted by Gasteiger charge is 2.54. The summed E-state index contributed by atoms with van der Waals surface area (Å²) in [5.74, 6) is -6.51. The van der Waals surface area contributed by atoms with Gasteiger partial charge in [0.05, 0.1) is 60.1 Å². The minimum absolute atomic E-state index is 0.0448. The number of likely N-dealkylation sites (N-methyl/N-ethyl adjacent to an activating group) is 1. The predicted octanol–water partition coefficient (Wildman–Crippen LogP) is 2.68. The predicted molar refractivity (Wildman–Crippen MR) is 216 cm³/mol. The number of ketones is 1. The van der Waals surface area contributed by atoms with Gasteiger partial charge >= 0.3 is 17.9 Å². The first-order chi connectivity index (χ1) is 27.8. The Balaban J connectivity index is 2.21. The van der Waals surface area contributed by atoms with E-state index in [0.717, 1.165) is 0 Å². The Morgan fingerprint density at radius 1 is 0.867 bits per heavy atom. The summed E-state index contributed by atoms with van der Waals surface area (Å²) in [6.07, 6.45) is -10.7. The molecule has 0 radical (unpaired) electrons. The van der Waals surface area contributed by atoms with Gasteiger partial charge in [0.1, 0.15) is 30.2 Å². The molecule has 0 aromatic carbocycles. The quantitative estimate of drug-likeness (QED) is 0.163. The highest BCUT2D eigenvalue weighted by molar-refractivity contribution is 5.83. The summed E-state index contributed by atoms with van der Waals surface area (Å²) >= 11 is 0. The van der Waals surface area contributed by atoms with Crippen LogP contribution in [-0.2, 0) is 57.1 Å². The first-order valence-electron chi connectivity index (χ1n) is 21.5. The molecule has 60 heavy (non-hydrogen) atoms. The van der Waals surface area contributed by atoms with Crippen molar-refractivity contribution in [2.45, 2.75) is 199 Å². The van der Waals surface area contributed by atoms with Gasteiger partial charge in [0, 0.05) is 37.7 Å². The van der Waals surface area contributed by atoms with E-state index in [-0.39, 0.29) is 38.7 Å². The Bertz CT molecular complexity index is 1440. The number of carbonyl (C=O) groups is 4. The van der Waals surface area contributed by atoms with E-state index < -0.39 is 132 Å².